The minimum Gasteiger partial charge on any atom is -0.393 e. The van der Waals surface area contributed by atoms with Crippen LogP contribution in [-0.4, -0.2) is 28.5 Å². The Bertz CT molecular complexity index is 376. The maximum Gasteiger partial charge on any atom is 0.0784 e. The third-order valence-electron chi connectivity index (χ3n) is 3.21. The molecule has 0 atom stereocenters. The third-order valence-corrected chi connectivity index (χ3v) is 3.76. The zero-order valence-electron chi connectivity index (χ0n) is 11.5. The molecular weight excluding hydrogens is 242 g/mol. The molecule has 4 heteroatoms. The van der Waals surface area contributed by atoms with Crippen LogP contribution in [0.1, 0.15) is 32.3 Å². The third kappa shape index (κ3) is 5.10. The summed E-state index contributed by atoms with van der Waals surface area (Å²) in [6.07, 6.45) is 5.80. The first-order valence-electron chi connectivity index (χ1n) is 6.29. The van der Waals surface area contributed by atoms with Crippen LogP contribution in [0.5, 0.6) is 0 Å². The van der Waals surface area contributed by atoms with Crippen LogP contribution in [-0.2, 0) is 6.54 Å². The van der Waals surface area contributed by atoms with Crippen molar-refractivity contribution in [3.8, 4) is 0 Å². The van der Waals surface area contributed by atoms with Crippen molar-refractivity contribution in [2.45, 2.75) is 33.2 Å². The van der Waals surface area contributed by atoms with Crippen molar-refractivity contribution in [1.82, 2.24) is 9.88 Å². The highest BCUT2D eigenvalue weighted by molar-refractivity contribution is 7.80. The highest BCUT2D eigenvalue weighted by Crippen LogP contribution is 2.22. The summed E-state index contributed by atoms with van der Waals surface area (Å²) in [7, 11) is 2.13. The fourth-order valence-electron chi connectivity index (χ4n) is 1.79. The van der Waals surface area contributed by atoms with Gasteiger partial charge in [-0.1, -0.05) is 26.1 Å². The number of hydrogen-bond acceptors (Lipinski definition) is 3. The fraction of sp³-hybridized carbons (Fsp3) is 0.571. The summed E-state index contributed by atoms with van der Waals surface area (Å²) in [4.78, 5) is 6.94. The lowest BCUT2D eigenvalue weighted by atomic mass is 9.88. The molecule has 1 aromatic heterocycles. The van der Waals surface area contributed by atoms with Crippen LogP contribution in [0, 0.1) is 5.41 Å². The Morgan fingerprint density at radius 3 is 2.56 bits per heavy atom. The summed E-state index contributed by atoms with van der Waals surface area (Å²) in [6, 6.07) is 4.10. The molecule has 0 aliphatic carbocycles. The van der Waals surface area contributed by atoms with Gasteiger partial charge in [-0.15, -0.1) is 0 Å². The summed E-state index contributed by atoms with van der Waals surface area (Å²) < 4.78 is 0. The first-order valence-corrected chi connectivity index (χ1v) is 6.70. The Morgan fingerprint density at radius 2 is 2.00 bits per heavy atom. The molecule has 0 fully saturated rings. The average molecular weight is 265 g/mol. The zero-order chi connectivity index (χ0) is 13.6. The summed E-state index contributed by atoms with van der Waals surface area (Å²) in [5, 5.41) is 0. The van der Waals surface area contributed by atoms with Gasteiger partial charge in [0.1, 0.15) is 0 Å². The molecule has 0 aromatic carbocycles. The highest BCUT2D eigenvalue weighted by atomic mass is 32.1. The molecule has 0 amide bonds. The van der Waals surface area contributed by atoms with E-state index in [2.05, 4.69) is 42.9 Å². The van der Waals surface area contributed by atoms with Crippen molar-refractivity contribution < 1.29 is 0 Å². The van der Waals surface area contributed by atoms with E-state index >= 15 is 0 Å². The van der Waals surface area contributed by atoms with E-state index in [9.17, 15) is 0 Å². The van der Waals surface area contributed by atoms with Crippen molar-refractivity contribution in [2.24, 2.45) is 11.1 Å². The van der Waals surface area contributed by atoms with Crippen LogP contribution in [0.3, 0.4) is 0 Å². The molecule has 0 aliphatic rings. The lowest BCUT2D eigenvalue weighted by molar-refractivity contribution is 0.301. The maximum absolute atomic E-state index is 5.72. The van der Waals surface area contributed by atoms with Gasteiger partial charge in [0.05, 0.1) is 4.99 Å². The molecule has 100 valence electrons. The fourth-order valence-corrected chi connectivity index (χ4v) is 1.90. The topological polar surface area (TPSA) is 42.1 Å². The molecule has 0 spiro atoms. The van der Waals surface area contributed by atoms with E-state index in [1.165, 1.54) is 5.56 Å². The molecule has 1 aromatic rings. The second-order valence-electron chi connectivity index (χ2n) is 5.44. The molecule has 0 aliphatic heterocycles. The van der Waals surface area contributed by atoms with E-state index in [4.69, 9.17) is 18.0 Å². The summed E-state index contributed by atoms with van der Waals surface area (Å²) >= 11 is 5.07. The Balaban J connectivity index is 2.30. The van der Waals surface area contributed by atoms with E-state index in [1.54, 1.807) is 0 Å². The maximum atomic E-state index is 5.72. The molecule has 2 N–H and O–H groups in total. The Morgan fingerprint density at radius 1 is 1.39 bits per heavy atom. The molecule has 3 nitrogen and oxygen atoms in total. The number of nitrogens with zero attached hydrogens (tertiary/aromatic N) is 2. The minimum absolute atomic E-state index is 0.0349. The summed E-state index contributed by atoms with van der Waals surface area (Å²) in [5.41, 5.74) is 6.98. The largest absolute Gasteiger partial charge is 0.393 e. The molecule has 0 saturated carbocycles. The van der Waals surface area contributed by atoms with E-state index in [0.29, 0.717) is 4.99 Å². The van der Waals surface area contributed by atoms with Crippen molar-refractivity contribution in [1.29, 1.82) is 0 Å². The summed E-state index contributed by atoms with van der Waals surface area (Å²) in [6.45, 7) is 6.22. The van der Waals surface area contributed by atoms with Crippen LogP contribution in [0.4, 0.5) is 0 Å². The van der Waals surface area contributed by atoms with Crippen molar-refractivity contribution >= 4 is 17.2 Å². The van der Waals surface area contributed by atoms with Gasteiger partial charge < -0.3 is 10.6 Å². The van der Waals surface area contributed by atoms with Crippen LogP contribution in [0.15, 0.2) is 24.5 Å². The highest BCUT2D eigenvalue weighted by Gasteiger charge is 2.20. The Hall–Kier alpha value is -1.00. The van der Waals surface area contributed by atoms with Gasteiger partial charge >= 0.3 is 0 Å². The second kappa shape index (κ2) is 6.81. The molecule has 0 bridgehead atoms. The lowest BCUT2D eigenvalue weighted by Crippen LogP contribution is -2.30. The van der Waals surface area contributed by atoms with Gasteiger partial charge in [0.25, 0.3) is 0 Å². The zero-order valence-corrected chi connectivity index (χ0v) is 12.3. The molecule has 0 saturated heterocycles. The van der Waals surface area contributed by atoms with Gasteiger partial charge in [0, 0.05) is 24.4 Å². The van der Waals surface area contributed by atoms with Gasteiger partial charge in [-0.05, 0) is 44.1 Å². The Labute approximate surface area is 115 Å². The minimum atomic E-state index is -0.0349. The first kappa shape index (κ1) is 15.1. The van der Waals surface area contributed by atoms with Crippen molar-refractivity contribution in [2.75, 3.05) is 13.6 Å². The number of hydrogen-bond donors (Lipinski definition) is 1. The number of thiocarbonyl (C=S) groups is 1. The standard InChI is InChI=1S/C14H23N3S/c1-14(2,13(15)18)7-4-10-17(3)11-12-5-8-16-9-6-12/h5-6,8-9H,4,7,10-11H2,1-3H3,(H2,15,18). The van der Waals surface area contributed by atoms with Crippen LogP contribution in [0.2, 0.25) is 0 Å². The quantitative estimate of drug-likeness (QED) is 0.770. The van der Waals surface area contributed by atoms with Crippen molar-refractivity contribution in [3.05, 3.63) is 30.1 Å². The van der Waals surface area contributed by atoms with Crippen LogP contribution < -0.4 is 5.73 Å². The monoisotopic (exact) mass is 265 g/mol. The van der Waals surface area contributed by atoms with E-state index in [-0.39, 0.29) is 5.41 Å². The molecule has 1 rings (SSSR count). The second-order valence-corrected chi connectivity index (χ2v) is 5.88. The average Bonchev–Trinajstić information content (AvgIpc) is 2.29. The molecule has 1 heterocycles. The van der Waals surface area contributed by atoms with E-state index in [0.717, 1.165) is 25.9 Å². The van der Waals surface area contributed by atoms with Gasteiger partial charge in [0.2, 0.25) is 0 Å². The van der Waals surface area contributed by atoms with Crippen molar-refractivity contribution in [3.63, 3.8) is 0 Å². The molecular formula is C14H23N3S. The van der Waals surface area contributed by atoms with E-state index in [1.807, 2.05) is 12.4 Å². The SMILES string of the molecule is CN(CCCC(C)(C)C(N)=S)Cc1ccncc1. The van der Waals surface area contributed by atoms with Gasteiger partial charge in [-0.3, -0.25) is 4.98 Å². The predicted molar refractivity (Wildman–Crippen MR) is 80.4 cm³/mol. The van der Waals surface area contributed by atoms with Gasteiger partial charge in [-0.25, -0.2) is 0 Å². The predicted octanol–water partition coefficient (Wildman–Crippen LogP) is 2.61. The van der Waals surface area contributed by atoms with Crippen LogP contribution >= 0.6 is 12.2 Å². The lowest BCUT2D eigenvalue weighted by Gasteiger charge is -2.24. The number of pyridine rings is 1. The summed E-state index contributed by atoms with van der Waals surface area (Å²) in [5.74, 6) is 0. The number of nitrogens with two attached hydrogens (primary N) is 1. The number of aromatic nitrogens is 1. The van der Waals surface area contributed by atoms with Gasteiger partial charge in [0.15, 0.2) is 0 Å². The Kier molecular flexibility index (Phi) is 5.69. The first-order chi connectivity index (χ1) is 8.42. The van der Waals surface area contributed by atoms with E-state index < -0.39 is 0 Å². The van der Waals surface area contributed by atoms with Gasteiger partial charge in [-0.2, -0.15) is 0 Å². The molecule has 0 unspecified atom stereocenters. The smallest absolute Gasteiger partial charge is 0.0784 e. The molecule has 18 heavy (non-hydrogen) atoms. The number of rotatable bonds is 7. The van der Waals surface area contributed by atoms with Crippen LogP contribution in [0.25, 0.3) is 0 Å². The normalized spacial score (nSPS) is 11.8. The molecule has 0 radical (unpaired) electrons.